The van der Waals surface area contributed by atoms with E-state index in [-0.39, 0.29) is 17.3 Å². The second-order valence-electron chi connectivity index (χ2n) is 8.12. The molecule has 0 aliphatic heterocycles. The van der Waals surface area contributed by atoms with Crippen LogP contribution < -0.4 is 20.1 Å². The predicted octanol–water partition coefficient (Wildman–Crippen LogP) is 5.32. The third kappa shape index (κ3) is 7.43. The Morgan fingerprint density at radius 2 is 1.82 bits per heavy atom. The van der Waals surface area contributed by atoms with Crippen LogP contribution in [-0.2, 0) is 14.8 Å². The molecule has 2 aromatic carbocycles. The lowest BCUT2D eigenvalue weighted by molar-refractivity contribution is -0.114. The van der Waals surface area contributed by atoms with E-state index >= 15 is 0 Å². The molecule has 0 spiro atoms. The first kappa shape index (κ1) is 28.7. The zero-order valence-electron chi connectivity index (χ0n) is 20.9. The summed E-state index contributed by atoms with van der Waals surface area (Å²) in [5, 5.41) is 7.18. The fraction of sp³-hybridized carbons (Fsp3) is 0.200. The molecule has 4 rings (SSSR count). The molecule has 0 saturated heterocycles. The van der Waals surface area contributed by atoms with Gasteiger partial charge in [0.1, 0.15) is 5.75 Å². The van der Waals surface area contributed by atoms with Crippen molar-refractivity contribution in [3.05, 3.63) is 64.8 Å². The van der Waals surface area contributed by atoms with Crippen LogP contribution in [0, 0.1) is 0 Å². The SMILES string of the molecule is COc1cc(-c2nc(NC(C)=O)sc2-c2ccnc(NCCCNS(=O)(=O)c3ccc(Cl)cc3)n2)ccc1Cl. The number of thiazole rings is 1. The molecule has 39 heavy (non-hydrogen) atoms. The van der Waals surface area contributed by atoms with Gasteiger partial charge < -0.3 is 15.4 Å². The maximum atomic E-state index is 12.4. The molecule has 2 heterocycles. The number of carbonyl (C=O) groups excluding carboxylic acids is 1. The molecule has 4 aromatic rings. The second-order valence-corrected chi connectivity index (χ2v) is 11.7. The van der Waals surface area contributed by atoms with Crippen molar-refractivity contribution in [2.24, 2.45) is 0 Å². The Balaban J connectivity index is 1.47. The molecule has 1 amide bonds. The topological polar surface area (TPSA) is 135 Å². The Labute approximate surface area is 239 Å². The third-order valence-electron chi connectivity index (χ3n) is 5.28. The van der Waals surface area contributed by atoms with Crippen LogP contribution in [0.5, 0.6) is 5.75 Å². The first-order chi connectivity index (χ1) is 18.7. The minimum atomic E-state index is -3.63. The normalized spacial score (nSPS) is 11.3. The smallest absolute Gasteiger partial charge is 0.240 e. The van der Waals surface area contributed by atoms with Crippen LogP contribution in [-0.4, -0.2) is 49.5 Å². The van der Waals surface area contributed by atoms with Gasteiger partial charge >= 0.3 is 0 Å². The Bertz CT molecular complexity index is 1580. The van der Waals surface area contributed by atoms with Gasteiger partial charge in [0.05, 0.1) is 33.3 Å². The molecule has 14 heteroatoms. The molecule has 204 valence electrons. The lowest BCUT2D eigenvalue weighted by atomic mass is 10.1. The maximum Gasteiger partial charge on any atom is 0.240 e. The summed E-state index contributed by atoms with van der Waals surface area (Å²) in [5.74, 6) is 0.611. The van der Waals surface area contributed by atoms with Gasteiger partial charge in [0, 0.05) is 36.8 Å². The van der Waals surface area contributed by atoms with Gasteiger partial charge in [-0.1, -0.05) is 40.6 Å². The number of halogens is 2. The average molecular weight is 608 g/mol. The highest BCUT2D eigenvalue weighted by molar-refractivity contribution is 7.89. The number of ether oxygens (including phenoxy) is 1. The number of carbonyl (C=O) groups is 1. The van der Waals surface area contributed by atoms with Gasteiger partial charge in [-0.15, -0.1) is 0 Å². The molecule has 0 saturated carbocycles. The zero-order chi connectivity index (χ0) is 28.0. The number of benzene rings is 2. The minimum absolute atomic E-state index is 0.146. The average Bonchev–Trinajstić information content (AvgIpc) is 3.32. The predicted molar refractivity (Wildman–Crippen MR) is 154 cm³/mol. The van der Waals surface area contributed by atoms with Crippen molar-refractivity contribution in [3.8, 4) is 27.6 Å². The van der Waals surface area contributed by atoms with Crippen LogP contribution in [0.15, 0.2) is 59.6 Å². The molecule has 2 aromatic heterocycles. The van der Waals surface area contributed by atoms with Gasteiger partial charge in [-0.3, -0.25) is 4.79 Å². The Morgan fingerprint density at radius 3 is 2.54 bits per heavy atom. The molecule has 0 fully saturated rings. The van der Waals surface area contributed by atoms with Crippen molar-refractivity contribution in [2.75, 3.05) is 30.8 Å². The third-order valence-corrected chi connectivity index (χ3v) is 8.31. The number of nitrogens with zero attached hydrogens (tertiary/aromatic N) is 3. The molecule has 10 nitrogen and oxygen atoms in total. The van der Waals surface area contributed by atoms with E-state index in [1.165, 1.54) is 49.6 Å². The highest BCUT2D eigenvalue weighted by Gasteiger charge is 2.19. The van der Waals surface area contributed by atoms with Crippen molar-refractivity contribution in [2.45, 2.75) is 18.2 Å². The van der Waals surface area contributed by atoms with E-state index in [9.17, 15) is 13.2 Å². The number of anilines is 2. The van der Waals surface area contributed by atoms with E-state index < -0.39 is 10.0 Å². The Morgan fingerprint density at radius 1 is 1.05 bits per heavy atom. The summed E-state index contributed by atoms with van der Waals surface area (Å²) in [6, 6.07) is 13.0. The Kier molecular flexibility index (Phi) is 9.36. The molecule has 0 bridgehead atoms. The van der Waals surface area contributed by atoms with E-state index in [4.69, 9.17) is 27.9 Å². The standard InChI is InChI=1S/C25H24Cl2N6O4S2/c1-15(34)31-25-33-22(16-4-9-19(27)21(14-16)37-2)23(38-25)20-10-13-29-24(32-20)28-11-3-12-30-39(35,36)18-7-5-17(26)6-8-18/h4-10,13-14,30H,3,11-12H2,1-2H3,(H,28,29,32)(H,31,33,34). The summed E-state index contributed by atoms with van der Waals surface area (Å²) in [7, 11) is -2.10. The van der Waals surface area contributed by atoms with Crippen molar-refractivity contribution in [3.63, 3.8) is 0 Å². The van der Waals surface area contributed by atoms with Crippen LogP contribution in [0.25, 0.3) is 21.8 Å². The van der Waals surface area contributed by atoms with Crippen molar-refractivity contribution in [1.29, 1.82) is 0 Å². The molecule has 0 atom stereocenters. The van der Waals surface area contributed by atoms with Gasteiger partial charge in [-0.2, -0.15) is 0 Å². The number of aromatic nitrogens is 3. The number of methoxy groups -OCH3 is 1. The van der Waals surface area contributed by atoms with Crippen LogP contribution in [0.4, 0.5) is 11.1 Å². The molecular weight excluding hydrogens is 583 g/mol. The fourth-order valence-electron chi connectivity index (χ4n) is 3.46. The van der Waals surface area contributed by atoms with E-state index in [0.717, 1.165) is 5.56 Å². The van der Waals surface area contributed by atoms with Crippen LogP contribution in [0.1, 0.15) is 13.3 Å². The molecular formula is C25H24Cl2N6O4S2. The van der Waals surface area contributed by atoms with Crippen molar-refractivity contribution in [1.82, 2.24) is 19.7 Å². The number of sulfonamides is 1. The first-order valence-corrected chi connectivity index (χ1v) is 14.7. The second kappa shape index (κ2) is 12.7. The number of rotatable bonds is 11. The molecule has 0 aliphatic carbocycles. The van der Waals surface area contributed by atoms with E-state index in [2.05, 4.69) is 30.3 Å². The van der Waals surface area contributed by atoms with Gasteiger partial charge in [-0.05, 0) is 48.9 Å². The number of hydrogen-bond donors (Lipinski definition) is 3. The van der Waals surface area contributed by atoms with Crippen LogP contribution >= 0.6 is 34.5 Å². The molecule has 0 aliphatic rings. The summed E-state index contributed by atoms with van der Waals surface area (Å²) < 4.78 is 32.7. The quantitative estimate of drug-likeness (QED) is 0.195. The van der Waals surface area contributed by atoms with E-state index in [1.807, 2.05) is 6.07 Å². The maximum absolute atomic E-state index is 12.4. The summed E-state index contributed by atoms with van der Waals surface area (Å²) in [6.07, 6.45) is 2.10. The van der Waals surface area contributed by atoms with Crippen molar-refractivity contribution >= 4 is 61.5 Å². The van der Waals surface area contributed by atoms with Crippen LogP contribution in [0.3, 0.4) is 0 Å². The fourth-order valence-corrected chi connectivity index (χ4v) is 5.86. The summed E-state index contributed by atoms with van der Waals surface area (Å²) in [4.78, 5) is 26.0. The summed E-state index contributed by atoms with van der Waals surface area (Å²) in [5.41, 5.74) is 1.93. The van der Waals surface area contributed by atoms with Gasteiger partial charge in [0.25, 0.3) is 0 Å². The summed E-state index contributed by atoms with van der Waals surface area (Å²) >= 11 is 13.3. The highest BCUT2D eigenvalue weighted by atomic mass is 35.5. The van der Waals surface area contributed by atoms with E-state index in [1.54, 1.807) is 24.4 Å². The zero-order valence-corrected chi connectivity index (χ0v) is 24.0. The van der Waals surface area contributed by atoms with Gasteiger partial charge in [-0.25, -0.2) is 28.1 Å². The van der Waals surface area contributed by atoms with E-state index in [0.29, 0.717) is 56.1 Å². The minimum Gasteiger partial charge on any atom is -0.495 e. The summed E-state index contributed by atoms with van der Waals surface area (Å²) in [6.45, 7) is 2.05. The van der Waals surface area contributed by atoms with Gasteiger partial charge in [0.15, 0.2) is 5.13 Å². The van der Waals surface area contributed by atoms with Crippen LogP contribution in [0.2, 0.25) is 10.0 Å². The molecule has 0 radical (unpaired) electrons. The monoisotopic (exact) mass is 606 g/mol. The molecule has 0 unspecified atom stereocenters. The number of hydrogen-bond acceptors (Lipinski definition) is 9. The highest BCUT2D eigenvalue weighted by Crippen LogP contribution is 2.40. The lowest BCUT2D eigenvalue weighted by Gasteiger charge is -2.09. The van der Waals surface area contributed by atoms with Gasteiger partial charge in [0.2, 0.25) is 21.9 Å². The van der Waals surface area contributed by atoms with Crippen molar-refractivity contribution < 1.29 is 17.9 Å². The first-order valence-electron chi connectivity index (χ1n) is 11.6. The number of amides is 1. The largest absolute Gasteiger partial charge is 0.495 e. The number of nitrogens with one attached hydrogen (secondary N) is 3. The lowest BCUT2D eigenvalue weighted by Crippen LogP contribution is -2.26. The Hall–Kier alpha value is -3.29. The molecule has 3 N–H and O–H groups in total.